The summed E-state index contributed by atoms with van der Waals surface area (Å²) in [5.74, 6) is 0.585. The Morgan fingerprint density at radius 2 is 1.86 bits per heavy atom. The molecule has 4 heteroatoms. The van der Waals surface area contributed by atoms with Crippen molar-refractivity contribution in [1.82, 2.24) is 0 Å². The number of carbonyl (C=O) groups excluding carboxylic acids is 1. The summed E-state index contributed by atoms with van der Waals surface area (Å²) in [6.07, 6.45) is 1.06. The summed E-state index contributed by atoms with van der Waals surface area (Å²) < 4.78 is 5.35. The van der Waals surface area contributed by atoms with Gasteiger partial charge in [0, 0.05) is 30.0 Å². The SMILES string of the molecule is COc1cc(C(=O)Nc2ccccc2CN2CCc3ccccc32)ccc1C. The molecule has 28 heavy (non-hydrogen) atoms. The Labute approximate surface area is 165 Å². The smallest absolute Gasteiger partial charge is 0.255 e. The molecule has 0 atom stereocenters. The van der Waals surface area contributed by atoms with Gasteiger partial charge < -0.3 is 15.0 Å². The highest BCUT2D eigenvalue weighted by atomic mass is 16.5. The van der Waals surface area contributed by atoms with Crippen molar-refractivity contribution in [3.8, 4) is 5.75 Å². The highest BCUT2D eigenvalue weighted by Crippen LogP contribution is 2.30. The number of amides is 1. The third-order valence-corrected chi connectivity index (χ3v) is 5.28. The van der Waals surface area contributed by atoms with Crippen LogP contribution in [-0.4, -0.2) is 19.6 Å². The summed E-state index contributed by atoms with van der Waals surface area (Å²) in [6.45, 7) is 3.73. The van der Waals surface area contributed by atoms with E-state index in [0.717, 1.165) is 42.1 Å². The Morgan fingerprint density at radius 3 is 2.71 bits per heavy atom. The summed E-state index contributed by atoms with van der Waals surface area (Å²) in [5.41, 5.74) is 6.21. The van der Waals surface area contributed by atoms with Crippen molar-refractivity contribution < 1.29 is 9.53 Å². The van der Waals surface area contributed by atoms with E-state index in [-0.39, 0.29) is 5.91 Å². The molecule has 4 nitrogen and oxygen atoms in total. The fraction of sp³-hybridized carbons (Fsp3) is 0.208. The van der Waals surface area contributed by atoms with E-state index in [1.807, 2.05) is 37.3 Å². The van der Waals surface area contributed by atoms with E-state index in [9.17, 15) is 4.79 Å². The number of anilines is 2. The number of carbonyl (C=O) groups is 1. The normalized spacial score (nSPS) is 12.6. The van der Waals surface area contributed by atoms with E-state index in [1.54, 1.807) is 13.2 Å². The van der Waals surface area contributed by atoms with E-state index in [1.165, 1.54) is 11.3 Å². The predicted molar refractivity (Wildman–Crippen MR) is 113 cm³/mol. The van der Waals surface area contributed by atoms with Gasteiger partial charge in [-0.25, -0.2) is 0 Å². The van der Waals surface area contributed by atoms with Crippen LogP contribution in [0.1, 0.15) is 27.0 Å². The summed E-state index contributed by atoms with van der Waals surface area (Å²) >= 11 is 0. The zero-order chi connectivity index (χ0) is 19.5. The van der Waals surface area contributed by atoms with Crippen LogP contribution in [0.3, 0.4) is 0 Å². The largest absolute Gasteiger partial charge is 0.496 e. The fourth-order valence-electron chi connectivity index (χ4n) is 3.71. The van der Waals surface area contributed by atoms with Crippen molar-refractivity contribution in [1.29, 1.82) is 0 Å². The lowest BCUT2D eigenvalue weighted by Gasteiger charge is -2.21. The molecule has 1 aliphatic heterocycles. The van der Waals surface area contributed by atoms with Gasteiger partial charge in [-0.05, 0) is 54.3 Å². The van der Waals surface area contributed by atoms with Crippen LogP contribution in [0.25, 0.3) is 0 Å². The van der Waals surface area contributed by atoms with Crippen molar-refractivity contribution in [2.24, 2.45) is 0 Å². The summed E-state index contributed by atoms with van der Waals surface area (Å²) in [4.78, 5) is 15.2. The summed E-state index contributed by atoms with van der Waals surface area (Å²) in [7, 11) is 1.62. The molecular formula is C24H24N2O2. The maximum absolute atomic E-state index is 12.8. The minimum atomic E-state index is -0.132. The quantitative estimate of drug-likeness (QED) is 0.698. The lowest BCUT2D eigenvalue weighted by molar-refractivity contribution is 0.102. The second-order valence-corrected chi connectivity index (χ2v) is 7.10. The molecule has 0 saturated carbocycles. The topological polar surface area (TPSA) is 41.6 Å². The number of benzene rings is 3. The highest BCUT2D eigenvalue weighted by Gasteiger charge is 2.20. The fourth-order valence-corrected chi connectivity index (χ4v) is 3.71. The number of methoxy groups -OCH3 is 1. The van der Waals surface area contributed by atoms with Gasteiger partial charge in [0.25, 0.3) is 5.91 Å². The Morgan fingerprint density at radius 1 is 1.07 bits per heavy atom. The van der Waals surface area contributed by atoms with E-state index < -0.39 is 0 Å². The number of nitrogens with one attached hydrogen (secondary N) is 1. The Bertz CT molecular complexity index is 1010. The number of ether oxygens (including phenoxy) is 1. The first-order valence-electron chi connectivity index (χ1n) is 9.52. The molecule has 3 aromatic carbocycles. The molecule has 142 valence electrons. The second-order valence-electron chi connectivity index (χ2n) is 7.10. The van der Waals surface area contributed by atoms with Gasteiger partial charge in [0.05, 0.1) is 7.11 Å². The van der Waals surface area contributed by atoms with Crippen LogP contribution in [0.15, 0.2) is 66.7 Å². The molecule has 0 aromatic heterocycles. The number of hydrogen-bond acceptors (Lipinski definition) is 3. The van der Waals surface area contributed by atoms with Crippen molar-refractivity contribution in [2.75, 3.05) is 23.9 Å². The predicted octanol–water partition coefficient (Wildman–Crippen LogP) is 4.82. The van der Waals surface area contributed by atoms with Crippen LogP contribution < -0.4 is 15.0 Å². The van der Waals surface area contributed by atoms with Gasteiger partial charge in [0.1, 0.15) is 5.75 Å². The average molecular weight is 372 g/mol. The molecule has 0 aliphatic carbocycles. The van der Waals surface area contributed by atoms with Gasteiger partial charge in [-0.2, -0.15) is 0 Å². The van der Waals surface area contributed by atoms with Gasteiger partial charge in [-0.15, -0.1) is 0 Å². The number of hydrogen-bond donors (Lipinski definition) is 1. The van der Waals surface area contributed by atoms with Crippen molar-refractivity contribution in [3.63, 3.8) is 0 Å². The minimum Gasteiger partial charge on any atom is -0.496 e. The van der Waals surface area contributed by atoms with Crippen molar-refractivity contribution >= 4 is 17.3 Å². The Kier molecular flexibility index (Phi) is 5.02. The summed E-state index contributed by atoms with van der Waals surface area (Å²) in [5, 5.41) is 3.07. The van der Waals surface area contributed by atoms with Crippen LogP contribution >= 0.6 is 0 Å². The molecule has 0 unspecified atom stereocenters. The third kappa shape index (κ3) is 3.58. The van der Waals surface area contributed by atoms with Gasteiger partial charge in [-0.3, -0.25) is 4.79 Å². The molecule has 0 saturated heterocycles. The Balaban J connectivity index is 1.55. The molecule has 0 bridgehead atoms. The lowest BCUT2D eigenvalue weighted by Crippen LogP contribution is -2.21. The van der Waals surface area contributed by atoms with Crippen LogP contribution in [0.5, 0.6) is 5.75 Å². The first-order valence-corrected chi connectivity index (χ1v) is 9.52. The molecule has 0 spiro atoms. The van der Waals surface area contributed by atoms with Crippen molar-refractivity contribution in [2.45, 2.75) is 19.9 Å². The average Bonchev–Trinajstić information content (AvgIpc) is 3.13. The standard InChI is InChI=1S/C24H24N2O2/c1-17-11-12-19(15-23(17)28-2)24(27)25-21-9-5-3-8-20(21)16-26-14-13-18-7-4-6-10-22(18)26/h3-12,15H,13-14,16H2,1-2H3,(H,25,27). The van der Waals surface area contributed by atoms with E-state index in [2.05, 4.69) is 40.5 Å². The van der Waals surface area contributed by atoms with E-state index >= 15 is 0 Å². The van der Waals surface area contributed by atoms with Gasteiger partial charge >= 0.3 is 0 Å². The molecule has 1 amide bonds. The van der Waals surface area contributed by atoms with Gasteiger partial charge in [0.15, 0.2) is 0 Å². The second kappa shape index (κ2) is 7.77. The van der Waals surface area contributed by atoms with Crippen LogP contribution in [0.2, 0.25) is 0 Å². The minimum absolute atomic E-state index is 0.132. The lowest BCUT2D eigenvalue weighted by atomic mass is 10.1. The number of fused-ring (bicyclic) bond motifs is 1. The molecule has 3 aromatic rings. The zero-order valence-electron chi connectivity index (χ0n) is 16.2. The molecule has 1 heterocycles. The highest BCUT2D eigenvalue weighted by molar-refractivity contribution is 6.05. The number of aryl methyl sites for hydroxylation is 1. The maximum atomic E-state index is 12.8. The number of nitrogens with zero attached hydrogens (tertiary/aromatic N) is 1. The van der Waals surface area contributed by atoms with Crippen LogP contribution in [-0.2, 0) is 13.0 Å². The van der Waals surface area contributed by atoms with E-state index in [0.29, 0.717) is 5.56 Å². The molecule has 4 rings (SSSR count). The zero-order valence-corrected chi connectivity index (χ0v) is 16.2. The number of para-hydroxylation sites is 2. The first-order chi connectivity index (χ1) is 13.7. The monoisotopic (exact) mass is 372 g/mol. The van der Waals surface area contributed by atoms with Crippen LogP contribution in [0, 0.1) is 6.92 Å². The van der Waals surface area contributed by atoms with Gasteiger partial charge in [0.2, 0.25) is 0 Å². The molecule has 1 aliphatic rings. The first kappa shape index (κ1) is 18.1. The molecule has 1 N–H and O–H groups in total. The molecule has 0 radical (unpaired) electrons. The summed E-state index contributed by atoms with van der Waals surface area (Å²) in [6, 6.07) is 22.0. The van der Waals surface area contributed by atoms with Gasteiger partial charge in [-0.1, -0.05) is 42.5 Å². The Hall–Kier alpha value is -3.27. The van der Waals surface area contributed by atoms with Crippen molar-refractivity contribution in [3.05, 3.63) is 89.0 Å². The third-order valence-electron chi connectivity index (χ3n) is 5.28. The number of rotatable bonds is 5. The van der Waals surface area contributed by atoms with E-state index in [4.69, 9.17) is 4.74 Å². The molecule has 0 fully saturated rings. The van der Waals surface area contributed by atoms with Crippen LogP contribution in [0.4, 0.5) is 11.4 Å². The maximum Gasteiger partial charge on any atom is 0.255 e. The molecular weight excluding hydrogens is 348 g/mol.